The number of nitrogens with zero attached hydrogens (tertiary/aromatic N) is 1. The van der Waals surface area contributed by atoms with E-state index >= 15 is 0 Å². The quantitative estimate of drug-likeness (QED) is 0.275. The number of hydrogen-bond donors (Lipinski definition) is 3. The third-order valence-electron chi connectivity index (χ3n) is 7.37. The molecule has 0 radical (unpaired) electrons. The third kappa shape index (κ3) is 5.83. The zero-order valence-electron chi connectivity index (χ0n) is 20.0. The van der Waals surface area contributed by atoms with E-state index in [2.05, 4.69) is 16.0 Å². The molecule has 1 unspecified atom stereocenters. The van der Waals surface area contributed by atoms with Gasteiger partial charge in [0, 0.05) is 12.1 Å². The number of esters is 1. The van der Waals surface area contributed by atoms with Crippen LogP contribution in [-0.2, 0) is 14.3 Å². The van der Waals surface area contributed by atoms with E-state index in [9.17, 15) is 24.5 Å². The molecule has 1 atom stereocenters. The fourth-order valence-corrected chi connectivity index (χ4v) is 6.27. The minimum atomic E-state index is -1.18. The van der Waals surface area contributed by atoms with Gasteiger partial charge in [-0.25, -0.2) is 4.79 Å². The van der Waals surface area contributed by atoms with Crippen LogP contribution in [0.15, 0.2) is 18.2 Å². The topological polar surface area (TPSA) is 149 Å². The van der Waals surface area contributed by atoms with E-state index in [4.69, 9.17) is 9.47 Å². The number of nitro groups is 1. The molecule has 11 heteroatoms. The highest BCUT2D eigenvalue weighted by Gasteiger charge is 2.51. The number of nitro benzene ring substituents is 1. The highest BCUT2D eigenvalue weighted by Crippen LogP contribution is 2.55. The molecule has 0 aliphatic heterocycles. The lowest BCUT2D eigenvalue weighted by molar-refractivity contribution is -0.384. The van der Waals surface area contributed by atoms with E-state index in [-0.39, 0.29) is 41.7 Å². The monoisotopic (exact) mass is 488 g/mol. The van der Waals surface area contributed by atoms with Crippen LogP contribution >= 0.6 is 0 Å². The summed E-state index contributed by atoms with van der Waals surface area (Å²) in [5.41, 5.74) is -0.493. The van der Waals surface area contributed by atoms with Gasteiger partial charge in [0.15, 0.2) is 6.10 Å². The second-order valence-corrected chi connectivity index (χ2v) is 10.1. The Bertz CT molecular complexity index is 976. The van der Waals surface area contributed by atoms with Gasteiger partial charge in [0.2, 0.25) is 0 Å². The number of ether oxygens (including phenoxy) is 2. The molecule has 0 spiro atoms. The van der Waals surface area contributed by atoms with Gasteiger partial charge in [0.05, 0.1) is 24.5 Å². The number of urea groups is 1. The first-order chi connectivity index (χ1) is 16.7. The van der Waals surface area contributed by atoms with Gasteiger partial charge < -0.3 is 25.4 Å². The molecule has 3 amide bonds. The van der Waals surface area contributed by atoms with Crippen LogP contribution < -0.4 is 20.7 Å². The number of carbonyl (C=O) groups excluding carboxylic acids is 3. The van der Waals surface area contributed by atoms with Crippen molar-refractivity contribution in [2.24, 2.45) is 17.8 Å². The zero-order valence-corrected chi connectivity index (χ0v) is 20.0. The first-order valence-electron chi connectivity index (χ1n) is 12.0. The number of rotatable bonds is 9. The lowest BCUT2D eigenvalue weighted by atomic mass is 9.53. The average Bonchev–Trinajstić information content (AvgIpc) is 2.77. The Morgan fingerprint density at radius 3 is 2.34 bits per heavy atom. The molecule has 35 heavy (non-hydrogen) atoms. The first-order valence-corrected chi connectivity index (χ1v) is 12.0. The van der Waals surface area contributed by atoms with E-state index < -0.39 is 22.9 Å². The molecule has 4 saturated carbocycles. The van der Waals surface area contributed by atoms with Crippen molar-refractivity contribution in [3.05, 3.63) is 28.3 Å². The van der Waals surface area contributed by atoms with Gasteiger partial charge in [-0.2, -0.15) is 0 Å². The number of benzene rings is 1. The van der Waals surface area contributed by atoms with Crippen LogP contribution in [0, 0.1) is 27.9 Å². The maximum atomic E-state index is 12.5. The second kappa shape index (κ2) is 10.1. The average molecular weight is 489 g/mol. The van der Waals surface area contributed by atoms with Gasteiger partial charge in [0.1, 0.15) is 11.4 Å². The van der Waals surface area contributed by atoms with Crippen molar-refractivity contribution in [2.45, 2.75) is 63.5 Å². The summed E-state index contributed by atoms with van der Waals surface area (Å²) in [6.07, 6.45) is 5.68. The van der Waals surface area contributed by atoms with E-state index in [1.165, 1.54) is 51.5 Å². The Morgan fingerprint density at radius 2 is 1.77 bits per heavy atom. The highest BCUT2D eigenvalue weighted by molar-refractivity contribution is 5.97. The summed E-state index contributed by atoms with van der Waals surface area (Å²) in [6, 6.07) is 3.72. The van der Waals surface area contributed by atoms with Crippen molar-refractivity contribution in [3.63, 3.8) is 0 Å². The summed E-state index contributed by atoms with van der Waals surface area (Å²) in [6.45, 7) is 1.45. The van der Waals surface area contributed by atoms with Crippen molar-refractivity contribution >= 4 is 29.3 Å². The Balaban J connectivity index is 1.20. The molecular weight excluding hydrogens is 456 g/mol. The molecular formula is C24H32N4O7. The lowest BCUT2D eigenvalue weighted by Crippen LogP contribution is -2.61. The highest BCUT2D eigenvalue weighted by atomic mass is 16.6. The normalized spacial score (nSPS) is 27.0. The summed E-state index contributed by atoms with van der Waals surface area (Å²) >= 11 is 0. The summed E-state index contributed by atoms with van der Waals surface area (Å²) in [4.78, 5) is 47.6. The smallest absolute Gasteiger partial charge is 0.315 e. The van der Waals surface area contributed by atoms with Gasteiger partial charge in [-0.05, 0) is 75.3 Å². The molecule has 0 saturated heterocycles. The van der Waals surface area contributed by atoms with Crippen molar-refractivity contribution in [1.29, 1.82) is 0 Å². The van der Waals surface area contributed by atoms with Crippen LogP contribution in [0.2, 0.25) is 0 Å². The minimum Gasteiger partial charge on any atom is -0.496 e. The largest absolute Gasteiger partial charge is 0.496 e. The summed E-state index contributed by atoms with van der Waals surface area (Å²) in [5, 5.41) is 19.6. The summed E-state index contributed by atoms with van der Waals surface area (Å²) < 4.78 is 10.1. The zero-order chi connectivity index (χ0) is 25.2. The number of anilines is 1. The molecule has 1 aromatic rings. The van der Waals surface area contributed by atoms with Gasteiger partial charge in [-0.3, -0.25) is 19.7 Å². The molecule has 1 aromatic carbocycles. The predicted molar refractivity (Wildman–Crippen MR) is 126 cm³/mol. The SMILES string of the molecule is COc1ccc(NC(=O)C(C)OC(=O)CCNC(=O)NC23CC4CC(CC(C4)C2)C3)c([N+](=O)[O-])c1. The molecule has 4 bridgehead atoms. The van der Waals surface area contributed by atoms with Crippen LogP contribution in [0.5, 0.6) is 5.75 Å². The van der Waals surface area contributed by atoms with Gasteiger partial charge in [-0.1, -0.05) is 0 Å². The minimum absolute atomic E-state index is 0.0355. The maximum Gasteiger partial charge on any atom is 0.315 e. The van der Waals surface area contributed by atoms with Crippen LogP contribution in [-0.4, -0.2) is 48.1 Å². The number of methoxy groups -OCH3 is 1. The Labute approximate surface area is 203 Å². The van der Waals surface area contributed by atoms with Gasteiger partial charge in [-0.15, -0.1) is 0 Å². The fraction of sp³-hybridized carbons (Fsp3) is 0.625. The van der Waals surface area contributed by atoms with E-state index in [1.807, 2.05) is 0 Å². The Kier molecular flexibility index (Phi) is 7.13. The molecule has 4 aliphatic carbocycles. The third-order valence-corrected chi connectivity index (χ3v) is 7.37. The summed E-state index contributed by atoms with van der Waals surface area (Å²) in [7, 11) is 1.38. The molecule has 11 nitrogen and oxygen atoms in total. The second-order valence-electron chi connectivity index (χ2n) is 10.1. The Morgan fingerprint density at radius 1 is 1.14 bits per heavy atom. The molecule has 0 heterocycles. The number of nitrogens with one attached hydrogen (secondary N) is 3. The van der Waals surface area contributed by atoms with Crippen LogP contribution in [0.25, 0.3) is 0 Å². The van der Waals surface area contributed by atoms with Crippen molar-refractivity contribution in [3.8, 4) is 5.75 Å². The molecule has 5 rings (SSSR count). The number of carbonyl (C=O) groups is 3. The van der Waals surface area contributed by atoms with Crippen molar-refractivity contribution in [2.75, 3.05) is 19.0 Å². The molecule has 0 aromatic heterocycles. The van der Waals surface area contributed by atoms with Crippen LogP contribution in [0.3, 0.4) is 0 Å². The Hall–Kier alpha value is -3.37. The first kappa shape index (κ1) is 24.7. The van der Waals surface area contributed by atoms with Crippen LogP contribution in [0.4, 0.5) is 16.2 Å². The van der Waals surface area contributed by atoms with Crippen molar-refractivity contribution in [1.82, 2.24) is 10.6 Å². The predicted octanol–water partition coefficient (Wildman–Crippen LogP) is 3.13. The van der Waals surface area contributed by atoms with E-state index in [0.717, 1.165) is 19.3 Å². The van der Waals surface area contributed by atoms with Crippen molar-refractivity contribution < 1.29 is 28.8 Å². The number of hydrogen-bond acceptors (Lipinski definition) is 7. The van der Waals surface area contributed by atoms with E-state index in [0.29, 0.717) is 17.8 Å². The fourth-order valence-electron chi connectivity index (χ4n) is 6.27. The van der Waals surface area contributed by atoms with Gasteiger partial charge in [0.25, 0.3) is 11.6 Å². The molecule has 3 N–H and O–H groups in total. The van der Waals surface area contributed by atoms with Gasteiger partial charge >= 0.3 is 12.0 Å². The molecule has 4 fully saturated rings. The summed E-state index contributed by atoms with van der Waals surface area (Å²) in [5.74, 6) is 1.04. The molecule has 190 valence electrons. The lowest BCUT2D eigenvalue weighted by Gasteiger charge is -2.56. The molecule has 4 aliphatic rings. The van der Waals surface area contributed by atoms with Crippen LogP contribution in [0.1, 0.15) is 51.9 Å². The maximum absolute atomic E-state index is 12.5. The van der Waals surface area contributed by atoms with E-state index in [1.54, 1.807) is 0 Å². The number of amides is 3. The standard InChI is InChI=1S/C24H32N4O7/c1-14(22(30)26-19-4-3-18(34-2)10-20(19)28(32)33)35-21(29)5-6-25-23(31)27-24-11-15-7-16(12-24)9-17(8-15)13-24/h3-4,10,14-17H,5-9,11-13H2,1-2H3,(H,26,30)(H2,25,27,31).